The number of fused-ring (bicyclic) bond motifs is 1. The van der Waals surface area contributed by atoms with Crippen LogP contribution in [0.15, 0.2) is 18.2 Å². The molecular formula is C20H31N3O4. The number of likely N-dealkylation sites (N-methyl/N-ethyl adjacent to an activating group) is 1. The Morgan fingerprint density at radius 1 is 1.41 bits per heavy atom. The maximum Gasteiger partial charge on any atom is 0.251 e. The van der Waals surface area contributed by atoms with E-state index in [4.69, 9.17) is 9.47 Å². The fourth-order valence-corrected chi connectivity index (χ4v) is 3.12. The van der Waals surface area contributed by atoms with E-state index in [9.17, 15) is 9.59 Å². The maximum atomic E-state index is 12.5. The molecule has 1 N–H and O–H groups in total. The van der Waals surface area contributed by atoms with E-state index in [2.05, 4.69) is 19.2 Å². The first-order chi connectivity index (χ1) is 12.8. The van der Waals surface area contributed by atoms with Crippen LogP contribution in [0.25, 0.3) is 0 Å². The average molecular weight is 377 g/mol. The van der Waals surface area contributed by atoms with E-state index in [0.29, 0.717) is 37.7 Å². The minimum absolute atomic E-state index is 0.0635. The smallest absolute Gasteiger partial charge is 0.251 e. The second-order valence-electron chi connectivity index (χ2n) is 7.38. The van der Waals surface area contributed by atoms with Crippen molar-refractivity contribution in [2.75, 3.05) is 52.4 Å². The molecule has 0 spiro atoms. The Labute approximate surface area is 161 Å². The molecule has 2 amide bonds. The van der Waals surface area contributed by atoms with Crippen LogP contribution in [0.1, 0.15) is 30.6 Å². The number of anilines is 1. The summed E-state index contributed by atoms with van der Waals surface area (Å²) in [4.78, 5) is 28.6. The molecule has 1 aliphatic rings. The van der Waals surface area contributed by atoms with Gasteiger partial charge in [0.2, 0.25) is 5.91 Å². The molecule has 0 unspecified atom stereocenters. The highest BCUT2D eigenvalue weighted by molar-refractivity contribution is 5.95. The fraction of sp³-hybridized carbons (Fsp3) is 0.600. The molecule has 2 rings (SSSR count). The van der Waals surface area contributed by atoms with Gasteiger partial charge in [-0.25, -0.2) is 0 Å². The van der Waals surface area contributed by atoms with Crippen LogP contribution in [0.4, 0.5) is 5.69 Å². The molecule has 0 radical (unpaired) electrons. The zero-order valence-corrected chi connectivity index (χ0v) is 16.9. The molecule has 7 heteroatoms. The molecule has 1 atom stereocenters. The van der Waals surface area contributed by atoms with Crippen LogP contribution >= 0.6 is 0 Å². The first-order valence-corrected chi connectivity index (χ1v) is 9.34. The first-order valence-electron chi connectivity index (χ1n) is 9.34. The molecular weight excluding hydrogens is 346 g/mol. The molecule has 1 aromatic carbocycles. The molecule has 27 heavy (non-hydrogen) atoms. The molecule has 7 nitrogen and oxygen atoms in total. The van der Waals surface area contributed by atoms with Gasteiger partial charge >= 0.3 is 0 Å². The number of nitrogens with one attached hydrogen (secondary N) is 1. The Bertz CT molecular complexity index is 663. The first kappa shape index (κ1) is 21.0. The Balaban J connectivity index is 2.06. The standard InChI is InChI=1S/C20H31N3O4/c1-14(2)12-22(3)19(24)11-16-13-27-18-7-6-15(10-17(18)23(16)4)20(25)21-8-9-26-5/h6-7,10,14,16H,8-9,11-13H2,1-5H3,(H,21,25)/t16-/m1/s1. The minimum atomic E-state index is -0.155. The third-order valence-corrected chi connectivity index (χ3v) is 4.65. The van der Waals surface area contributed by atoms with Gasteiger partial charge in [-0.3, -0.25) is 9.59 Å². The van der Waals surface area contributed by atoms with E-state index in [0.717, 1.165) is 18.0 Å². The van der Waals surface area contributed by atoms with Crippen molar-refractivity contribution in [2.24, 2.45) is 5.92 Å². The third kappa shape index (κ3) is 5.60. The molecule has 150 valence electrons. The average Bonchev–Trinajstić information content (AvgIpc) is 2.63. The van der Waals surface area contributed by atoms with Crippen LogP contribution in [0.3, 0.4) is 0 Å². The van der Waals surface area contributed by atoms with Crippen LogP contribution < -0.4 is 15.0 Å². The Hall–Kier alpha value is -2.28. The zero-order chi connectivity index (χ0) is 20.0. The zero-order valence-electron chi connectivity index (χ0n) is 16.9. The van der Waals surface area contributed by atoms with Gasteiger partial charge in [-0.05, 0) is 24.1 Å². The summed E-state index contributed by atoms with van der Waals surface area (Å²) in [7, 11) is 5.37. The summed E-state index contributed by atoms with van der Waals surface area (Å²) in [5.41, 5.74) is 1.38. The van der Waals surface area contributed by atoms with Gasteiger partial charge in [0.25, 0.3) is 5.91 Å². The maximum absolute atomic E-state index is 12.5. The van der Waals surface area contributed by atoms with Gasteiger partial charge in [0.15, 0.2) is 0 Å². The van der Waals surface area contributed by atoms with Crippen molar-refractivity contribution in [1.82, 2.24) is 10.2 Å². The van der Waals surface area contributed by atoms with E-state index < -0.39 is 0 Å². The van der Waals surface area contributed by atoms with Gasteiger partial charge in [0.05, 0.1) is 24.8 Å². The lowest BCUT2D eigenvalue weighted by Crippen LogP contribution is -2.44. The predicted octanol–water partition coefficient (Wildman–Crippen LogP) is 1.76. The molecule has 1 aliphatic heterocycles. The molecule has 1 heterocycles. The quantitative estimate of drug-likeness (QED) is 0.699. The minimum Gasteiger partial charge on any atom is -0.489 e. The highest BCUT2D eigenvalue weighted by Crippen LogP contribution is 2.34. The Kier molecular flexibility index (Phi) is 7.47. The fourth-order valence-electron chi connectivity index (χ4n) is 3.12. The normalized spacial score (nSPS) is 15.9. The lowest BCUT2D eigenvalue weighted by Gasteiger charge is -2.36. The number of rotatable bonds is 8. The molecule has 0 aliphatic carbocycles. The van der Waals surface area contributed by atoms with Gasteiger partial charge in [-0.1, -0.05) is 13.8 Å². The molecule has 0 saturated carbocycles. The number of carbonyl (C=O) groups is 2. The van der Waals surface area contributed by atoms with Gasteiger partial charge in [0, 0.05) is 39.9 Å². The van der Waals surface area contributed by atoms with E-state index in [1.807, 2.05) is 25.1 Å². The number of ether oxygens (including phenoxy) is 2. The molecule has 0 fully saturated rings. The highest BCUT2D eigenvalue weighted by Gasteiger charge is 2.28. The Morgan fingerprint density at radius 2 is 2.15 bits per heavy atom. The van der Waals surface area contributed by atoms with E-state index in [-0.39, 0.29) is 17.9 Å². The summed E-state index contributed by atoms with van der Waals surface area (Å²) in [6, 6.07) is 5.30. The van der Waals surface area contributed by atoms with E-state index in [1.165, 1.54) is 0 Å². The van der Waals surface area contributed by atoms with Crippen LogP contribution in [0, 0.1) is 5.92 Å². The monoisotopic (exact) mass is 377 g/mol. The molecule has 1 aromatic rings. The SMILES string of the molecule is COCCNC(=O)c1ccc2c(c1)N(C)[C@H](CC(=O)N(C)CC(C)C)CO2. The molecule has 0 bridgehead atoms. The van der Waals surface area contributed by atoms with Crippen LogP contribution in [0.2, 0.25) is 0 Å². The van der Waals surface area contributed by atoms with Gasteiger partial charge < -0.3 is 24.6 Å². The van der Waals surface area contributed by atoms with Crippen molar-refractivity contribution in [3.05, 3.63) is 23.8 Å². The van der Waals surface area contributed by atoms with Crippen LogP contribution in [-0.4, -0.2) is 70.3 Å². The van der Waals surface area contributed by atoms with Crippen LogP contribution in [0.5, 0.6) is 5.75 Å². The summed E-state index contributed by atoms with van der Waals surface area (Å²) in [6.07, 6.45) is 0.378. The number of benzene rings is 1. The summed E-state index contributed by atoms with van der Waals surface area (Å²) >= 11 is 0. The predicted molar refractivity (Wildman–Crippen MR) is 105 cm³/mol. The summed E-state index contributed by atoms with van der Waals surface area (Å²) in [5, 5.41) is 2.81. The number of methoxy groups -OCH3 is 1. The highest BCUT2D eigenvalue weighted by atomic mass is 16.5. The van der Waals surface area contributed by atoms with Crippen molar-refractivity contribution in [3.63, 3.8) is 0 Å². The van der Waals surface area contributed by atoms with Gasteiger partial charge in [-0.2, -0.15) is 0 Å². The van der Waals surface area contributed by atoms with Crippen molar-refractivity contribution < 1.29 is 19.1 Å². The second kappa shape index (κ2) is 9.60. The summed E-state index contributed by atoms with van der Waals surface area (Å²) in [5.74, 6) is 1.10. The number of hydrogen-bond donors (Lipinski definition) is 1. The third-order valence-electron chi connectivity index (χ3n) is 4.65. The number of carbonyl (C=O) groups excluding carboxylic acids is 2. The number of nitrogens with zero attached hydrogens (tertiary/aromatic N) is 2. The van der Waals surface area contributed by atoms with Crippen molar-refractivity contribution in [2.45, 2.75) is 26.3 Å². The summed E-state index contributed by atoms with van der Waals surface area (Å²) < 4.78 is 10.8. The number of amides is 2. The molecule has 0 aromatic heterocycles. The van der Waals surface area contributed by atoms with Gasteiger partial charge in [0.1, 0.15) is 12.4 Å². The molecule has 0 saturated heterocycles. The van der Waals surface area contributed by atoms with Crippen molar-refractivity contribution in [3.8, 4) is 5.75 Å². The Morgan fingerprint density at radius 3 is 2.81 bits per heavy atom. The lowest BCUT2D eigenvalue weighted by atomic mass is 10.1. The second-order valence-corrected chi connectivity index (χ2v) is 7.38. The van der Waals surface area contributed by atoms with Crippen molar-refractivity contribution >= 4 is 17.5 Å². The number of hydrogen-bond acceptors (Lipinski definition) is 5. The topological polar surface area (TPSA) is 71.1 Å². The van der Waals surface area contributed by atoms with Crippen LogP contribution in [-0.2, 0) is 9.53 Å². The van der Waals surface area contributed by atoms with E-state index >= 15 is 0 Å². The van der Waals surface area contributed by atoms with Crippen molar-refractivity contribution in [1.29, 1.82) is 0 Å². The summed E-state index contributed by atoms with van der Waals surface area (Å²) in [6.45, 7) is 6.29. The van der Waals surface area contributed by atoms with E-state index in [1.54, 1.807) is 24.1 Å². The lowest BCUT2D eigenvalue weighted by molar-refractivity contribution is -0.130. The van der Waals surface area contributed by atoms with Gasteiger partial charge in [-0.15, -0.1) is 0 Å². The largest absolute Gasteiger partial charge is 0.489 e.